The fourth-order valence-electron chi connectivity index (χ4n) is 11.1. The van der Waals surface area contributed by atoms with E-state index in [1.54, 1.807) is 31.2 Å². The van der Waals surface area contributed by atoms with E-state index in [2.05, 4.69) is 20.6 Å². The molecule has 1 spiro atoms. The number of anilines is 1. The Labute approximate surface area is 340 Å². The predicted octanol–water partition coefficient (Wildman–Crippen LogP) is 5.34. The normalized spacial score (nSPS) is 34.9. The van der Waals surface area contributed by atoms with Crippen LogP contribution < -0.4 is 14.4 Å². The fraction of sp³-hybridized carbons (Fsp3) is 0.628. The number of morpholine rings is 1. The molecule has 2 saturated heterocycles. The summed E-state index contributed by atoms with van der Waals surface area (Å²) in [6.07, 6.45) is 6.39. The topological polar surface area (TPSA) is 118 Å². The molecule has 0 aromatic heterocycles. The molecule has 5 heterocycles. The number of rotatable bonds is 3. The molecular formula is C43H54ClFN4O7S. The molecule has 2 amide bonds. The maximum Gasteiger partial charge on any atom is 0.264 e. The van der Waals surface area contributed by atoms with Crippen LogP contribution in [0.1, 0.15) is 74.4 Å². The zero-order valence-electron chi connectivity index (χ0n) is 33.1. The Bertz CT molecular complexity index is 2100. The van der Waals surface area contributed by atoms with Crippen LogP contribution in [0.25, 0.3) is 0 Å². The molecule has 1 N–H and O–H groups in total. The summed E-state index contributed by atoms with van der Waals surface area (Å²) >= 11 is 6.31. The number of benzene rings is 2. The Morgan fingerprint density at radius 1 is 1.12 bits per heavy atom. The predicted molar refractivity (Wildman–Crippen MR) is 215 cm³/mol. The van der Waals surface area contributed by atoms with Gasteiger partial charge in [-0.2, -0.15) is 0 Å². The van der Waals surface area contributed by atoms with Crippen LogP contribution in [0.2, 0.25) is 5.02 Å². The van der Waals surface area contributed by atoms with E-state index in [1.165, 1.54) is 0 Å². The lowest BCUT2D eigenvalue weighted by atomic mass is 9.57. The van der Waals surface area contributed by atoms with E-state index in [9.17, 15) is 13.2 Å². The van der Waals surface area contributed by atoms with Gasteiger partial charge in [0.15, 0.2) is 5.60 Å². The van der Waals surface area contributed by atoms with Gasteiger partial charge < -0.3 is 24.0 Å². The molecule has 3 fully saturated rings. The van der Waals surface area contributed by atoms with Crippen molar-refractivity contribution in [1.29, 1.82) is 0 Å². The second-order valence-electron chi connectivity index (χ2n) is 17.6. The molecule has 8 aliphatic rings. The molecule has 2 aromatic carbocycles. The quantitative estimate of drug-likeness (QED) is 0.410. The summed E-state index contributed by atoms with van der Waals surface area (Å²) in [5.74, 6) is -1.08. The van der Waals surface area contributed by atoms with Gasteiger partial charge in [0.1, 0.15) is 11.6 Å². The van der Waals surface area contributed by atoms with Crippen LogP contribution >= 0.6 is 11.6 Å². The van der Waals surface area contributed by atoms with Crippen LogP contribution in [-0.4, -0.2) is 113 Å². The Morgan fingerprint density at radius 2 is 1.95 bits per heavy atom. The first-order chi connectivity index (χ1) is 27.3. The SMILES string of the molecule is CCO[C@@]1(C(=O)N2CCN3CCOC[C@@H]3C2)C2=C[C@@H](C2)[C@H](C)[C@@H](C)S(=O)(=O)NC(=O)c2ccc3c(c2)N(C[C@@H]2CC[C@H]21)C[C@@]1(CCCc2c1ccc(Cl)c2F)CO3. The number of fused-ring (bicyclic) bond motifs is 7. The van der Waals surface area contributed by atoms with Gasteiger partial charge in [0.25, 0.3) is 11.8 Å². The molecule has 11 nitrogen and oxygen atoms in total. The summed E-state index contributed by atoms with van der Waals surface area (Å²) < 4.78 is 65.1. The molecule has 10 rings (SSSR count). The lowest BCUT2D eigenvalue weighted by Crippen LogP contribution is -2.67. The van der Waals surface area contributed by atoms with Crippen molar-refractivity contribution >= 4 is 39.1 Å². The minimum Gasteiger partial charge on any atom is -0.490 e. The van der Waals surface area contributed by atoms with Crippen molar-refractivity contribution in [2.75, 3.05) is 70.6 Å². The Kier molecular flexibility index (Phi) is 10.2. The van der Waals surface area contributed by atoms with Gasteiger partial charge >= 0.3 is 0 Å². The molecule has 2 aromatic rings. The largest absolute Gasteiger partial charge is 0.490 e. The van der Waals surface area contributed by atoms with Gasteiger partial charge in [0, 0.05) is 62.8 Å². The first-order valence-corrected chi connectivity index (χ1v) is 22.8. The number of carbonyl (C=O) groups is 2. The number of carbonyl (C=O) groups excluding carboxylic acids is 2. The van der Waals surface area contributed by atoms with Crippen LogP contribution in [-0.2, 0) is 36.1 Å². The molecule has 0 radical (unpaired) electrons. The molecule has 14 heteroatoms. The number of allylic oxidation sites excluding steroid dienone is 1. The number of nitrogens with one attached hydrogen (secondary N) is 1. The number of ether oxygens (including phenoxy) is 3. The second-order valence-corrected chi connectivity index (χ2v) is 20.0. The van der Waals surface area contributed by atoms with E-state index in [-0.39, 0.29) is 46.2 Å². The average Bonchev–Trinajstić information content (AvgIpc) is 3.32. The molecule has 1 saturated carbocycles. The zero-order chi connectivity index (χ0) is 39.9. The monoisotopic (exact) mass is 824 g/mol. The van der Waals surface area contributed by atoms with E-state index >= 15 is 9.18 Å². The molecular weight excluding hydrogens is 771 g/mol. The van der Waals surface area contributed by atoms with Crippen LogP contribution in [0.15, 0.2) is 42.0 Å². The van der Waals surface area contributed by atoms with Crippen molar-refractivity contribution in [2.24, 2.45) is 23.7 Å². The maximum atomic E-state index is 15.7. The third-order valence-electron chi connectivity index (χ3n) is 14.7. The zero-order valence-corrected chi connectivity index (χ0v) is 34.7. The Hall–Kier alpha value is -3.23. The van der Waals surface area contributed by atoms with Crippen molar-refractivity contribution in [1.82, 2.24) is 14.5 Å². The van der Waals surface area contributed by atoms with E-state index in [4.69, 9.17) is 25.8 Å². The molecule has 5 aliphatic heterocycles. The van der Waals surface area contributed by atoms with Crippen molar-refractivity contribution in [3.8, 4) is 5.75 Å². The van der Waals surface area contributed by atoms with Crippen molar-refractivity contribution in [3.05, 3.63) is 69.5 Å². The van der Waals surface area contributed by atoms with Crippen molar-refractivity contribution in [2.45, 2.75) is 81.6 Å². The number of hydrogen-bond donors (Lipinski definition) is 1. The summed E-state index contributed by atoms with van der Waals surface area (Å²) in [5, 5.41) is -0.784. The molecule has 57 heavy (non-hydrogen) atoms. The number of amides is 2. The van der Waals surface area contributed by atoms with E-state index < -0.39 is 38.0 Å². The number of sulfonamides is 1. The molecule has 8 atom stereocenters. The van der Waals surface area contributed by atoms with Crippen LogP contribution in [0.3, 0.4) is 0 Å². The number of halogens is 2. The van der Waals surface area contributed by atoms with Crippen LogP contribution in [0, 0.1) is 29.5 Å². The van der Waals surface area contributed by atoms with Crippen LogP contribution in [0.4, 0.5) is 10.1 Å². The van der Waals surface area contributed by atoms with Crippen LogP contribution in [0.5, 0.6) is 5.75 Å². The minimum absolute atomic E-state index is 0.0115. The number of nitrogens with zero attached hydrogens (tertiary/aromatic N) is 3. The summed E-state index contributed by atoms with van der Waals surface area (Å²) in [6.45, 7) is 11.2. The Morgan fingerprint density at radius 3 is 2.72 bits per heavy atom. The third kappa shape index (κ3) is 6.49. The highest BCUT2D eigenvalue weighted by molar-refractivity contribution is 7.90. The lowest BCUT2D eigenvalue weighted by molar-refractivity contribution is -0.175. The standard InChI is InChI=1S/C43H54ClFN4O7S/c1-4-56-43(41(51)48-15-14-47-16-17-54-23-32(47)22-48)31-18-30(19-31)26(2)27(3)57(52,53)46-40(50)28-8-12-38-37(20-28)49(21-29-7-9-34(29)43)24-42(25-55-38)13-5-6-33-35(42)10-11-36(44)39(33)45/h8,10-12,18,20,26-27,29-30,32,34H,4-7,9,13-17,19,21-25H2,1-3H3,(H,46,50)/t26-,27-,29+,30+,32+,34-,42+,43+/m1/s1. The van der Waals surface area contributed by atoms with Crippen molar-refractivity contribution in [3.63, 3.8) is 0 Å². The first kappa shape index (κ1) is 39.2. The van der Waals surface area contributed by atoms with Crippen molar-refractivity contribution < 1.29 is 36.6 Å². The smallest absolute Gasteiger partial charge is 0.264 e. The fourth-order valence-corrected chi connectivity index (χ4v) is 12.6. The Balaban J connectivity index is 1.16. The molecule has 4 bridgehead atoms. The van der Waals surface area contributed by atoms with Gasteiger partial charge in [-0.05, 0) is 111 Å². The minimum atomic E-state index is -4.08. The van der Waals surface area contributed by atoms with Gasteiger partial charge in [0.2, 0.25) is 10.0 Å². The molecule has 0 unspecified atom stereocenters. The highest BCUT2D eigenvalue weighted by Crippen LogP contribution is 2.55. The first-order valence-electron chi connectivity index (χ1n) is 20.9. The number of hydrogen-bond acceptors (Lipinski definition) is 9. The summed E-state index contributed by atoms with van der Waals surface area (Å²) in [4.78, 5) is 35.9. The van der Waals surface area contributed by atoms with E-state index in [0.29, 0.717) is 82.4 Å². The van der Waals surface area contributed by atoms with Gasteiger partial charge in [-0.15, -0.1) is 0 Å². The van der Waals surface area contributed by atoms with Gasteiger partial charge in [-0.1, -0.05) is 30.7 Å². The highest BCUT2D eigenvalue weighted by atomic mass is 35.5. The maximum absolute atomic E-state index is 15.7. The van der Waals surface area contributed by atoms with Gasteiger partial charge in [-0.25, -0.2) is 17.5 Å². The second kappa shape index (κ2) is 14.8. The van der Waals surface area contributed by atoms with E-state index in [1.807, 2.05) is 24.8 Å². The summed E-state index contributed by atoms with van der Waals surface area (Å²) in [6, 6.07) is 8.76. The third-order valence-corrected chi connectivity index (χ3v) is 16.9. The number of piperazine rings is 1. The van der Waals surface area contributed by atoms with E-state index in [0.717, 1.165) is 49.9 Å². The van der Waals surface area contributed by atoms with Gasteiger partial charge in [0.05, 0.1) is 41.8 Å². The van der Waals surface area contributed by atoms with Gasteiger partial charge in [-0.3, -0.25) is 14.5 Å². The molecule has 3 aliphatic carbocycles. The highest BCUT2D eigenvalue weighted by Gasteiger charge is 2.60. The molecule has 308 valence electrons. The lowest BCUT2D eigenvalue weighted by Gasteiger charge is -2.56. The average molecular weight is 825 g/mol. The summed E-state index contributed by atoms with van der Waals surface area (Å²) in [5.41, 5.74) is 1.50. The summed E-state index contributed by atoms with van der Waals surface area (Å²) in [7, 11) is -4.08.